The van der Waals surface area contributed by atoms with E-state index in [1.807, 2.05) is 20.8 Å². The van der Waals surface area contributed by atoms with Crippen molar-refractivity contribution in [2.45, 2.75) is 27.2 Å². The van der Waals surface area contributed by atoms with Crippen LogP contribution in [0.4, 0.5) is 8.78 Å². The first-order valence-corrected chi connectivity index (χ1v) is 5.39. The van der Waals surface area contributed by atoms with E-state index in [1.165, 1.54) is 6.07 Å². The van der Waals surface area contributed by atoms with E-state index < -0.39 is 11.6 Å². The number of halogens is 2. The Kier molecular flexibility index (Phi) is 4.03. The molecular formula is C13H18F2O. The highest BCUT2D eigenvalue weighted by Crippen LogP contribution is 2.29. The number of benzene rings is 1. The third kappa shape index (κ3) is 3.27. The van der Waals surface area contributed by atoms with Crippen molar-refractivity contribution >= 4 is 0 Å². The van der Waals surface area contributed by atoms with Crippen molar-refractivity contribution in [1.29, 1.82) is 0 Å². The van der Waals surface area contributed by atoms with Crippen LogP contribution in [0, 0.1) is 23.0 Å². The van der Waals surface area contributed by atoms with E-state index in [-0.39, 0.29) is 17.9 Å². The first-order valence-electron chi connectivity index (χ1n) is 5.39. The average molecular weight is 228 g/mol. The van der Waals surface area contributed by atoms with Crippen molar-refractivity contribution in [3.8, 4) is 0 Å². The zero-order chi connectivity index (χ0) is 12.3. The lowest BCUT2D eigenvalue weighted by Gasteiger charge is -2.29. The summed E-state index contributed by atoms with van der Waals surface area (Å²) in [7, 11) is 0. The van der Waals surface area contributed by atoms with Crippen molar-refractivity contribution < 1.29 is 13.9 Å². The summed E-state index contributed by atoms with van der Waals surface area (Å²) in [6, 6.07) is 3.43. The standard InChI is InChI=1S/C13H18F2O/c1-13(2,3)10(8-16)6-9-7-11(14)4-5-12(9)15/h4-5,7,10,16H,6,8H2,1-3H3. The lowest BCUT2D eigenvalue weighted by molar-refractivity contribution is 0.130. The van der Waals surface area contributed by atoms with E-state index >= 15 is 0 Å². The molecule has 0 radical (unpaired) electrons. The number of aliphatic hydroxyl groups excluding tert-OH is 1. The molecule has 3 heteroatoms. The molecule has 0 saturated heterocycles. The highest BCUT2D eigenvalue weighted by atomic mass is 19.1. The number of hydrogen-bond acceptors (Lipinski definition) is 1. The Labute approximate surface area is 95.1 Å². The number of rotatable bonds is 3. The molecule has 1 atom stereocenters. The summed E-state index contributed by atoms with van der Waals surface area (Å²) in [5, 5.41) is 9.27. The molecule has 1 rings (SSSR count). The zero-order valence-electron chi connectivity index (χ0n) is 9.93. The monoisotopic (exact) mass is 228 g/mol. The topological polar surface area (TPSA) is 20.2 Å². The molecule has 0 aliphatic rings. The zero-order valence-corrected chi connectivity index (χ0v) is 9.93. The van der Waals surface area contributed by atoms with Gasteiger partial charge in [-0.3, -0.25) is 0 Å². The molecule has 90 valence electrons. The molecule has 0 bridgehead atoms. The van der Waals surface area contributed by atoms with E-state index in [0.717, 1.165) is 12.1 Å². The second-order valence-electron chi connectivity index (χ2n) is 5.19. The van der Waals surface area contributed by atoms with Crippen molar-refractivity contribution in [3.63, 3.8) is 0 Å². The average Bonchev–Trinajstić information content (AvgIpc) is 2.17. The second-order valence-corrected chi connectivity index (χ2v) is 5.19. The Bertz CT molecular complexity index is 355. The first kappa shape index (κ1) is 13.1. The van der Waals surface area contributed by atoms with Gasteiger partial charge in [0.25, 0.3) is 0 Å². The molecule has 0 spiro atoms. The molecule has 0 aliphatic heterocycles. The van der Waals surface area contributed by atoms with Crippen LogP contribution in [0.1, 0.15) is 26.3 Å². The molecule has 0 fully saturated rings. The summed E-state index contributed by atoms with van der Waals surface area (Å²) in [6.07, 6.45) is 0.351. The van der Waals surface area contributed by atoms with Gasteiger partial charge in [-0.15, -0.1) is 0 Å². The maximum atomic E-state index is 13.4. The van der Waals surface area contributed by atoms with Crippen LogP contribution in [0.15, 0.2) is 18.2 Å². The van der Waals surface area contributed by atoms with Crippen LogP contribution < -0.4 is 0 Å². The second kappa shape index (κ2) is 4.91. The van der Waals surface area contributed by atoms with E-state index in [2.05, 4.69) is 0 Å². The lowest BCUT2D eigenvalue weighted by Crippen LogP contribution is -2.26. The SMILES string of the molecule is CC(C)(C)C(CO)Cc1cc(F)ccc1F. The van der Waals surface area contributed by atoms with Crippen LogP contribution in [0.25, 0.3) is 0 Å². The molecule has 1 nitrogen and oxygen atoms in total. The van der Waals surface area contributed by atoms with Gasteiger partial charge < -0.3 is 5.11 Å². The third-order valence-corrected chi connectivity index (χ3v) is 2.92. The van der Waals surface area contributed by atoms with Gasteiger partial charge in [0.05, 0.1) is 0 Å². The minimum Gasteiger partial charge on any atom is -0.396 e. The third-order valence-electron chi connectivity index (χ3n) is 2.92. The summed E-state index contributed by atoms with van der Waals surface area (Å²) in [6.45, 7) is 5.90. The van der Waals surface area contributed by atoms with Crippen molar-refractivity contribution in [2.75, 3.05) is 6.61 Å². The molecule has 1 aromatic rings. The van der Waals surface area contributed by atoms with Gasteiger partial charge in [0.15, 0.2) is 0 Å². The van der Waals surface area contributed by atoms with Gasteiger partial charge >= 0.3 is 0 Å². The molecule has 0 amide bonds. The smallest absolute Gasteiger partial charge is 0.126 e. The maximum Gasteiger partial charge on any atom is 0.126 e. The fourth-order valence-corrected chi connectivity index (χ4v) is 1.61. The summed E-state index contributed by atoms with van der Waals surface area (Å²) in [5.41, 5.74) is 0.196. The Morgan fingerprint density at radius 2 is 1.88 bits per heavy atom. The van der Waals surface area contributed by atoms with Crippen molar-refractivity contribution in [3.05, 3.63) is 35.4 Å². The Balaban J connectivity index is 2.90. The van der Waals surface area contributed by atoms with Gasteiger partial charge in [-0.2, -0.15) is 0 Å². The quantitative estimate of drug-likeness (QED) is 0.842. The molecule has 0 heterocycles. The first-order chi connectivity index (χ1) is 7.34. The van der Waals surface area contributed by atoms with Crippen LogP contribution in [0.5, 0.6) is 0 Å². The molecule has 0 aromatic heterocycles. The van der Waals surface area contributed by atoms with Gasteiger partial charge in [-0.1, -0.05) is 20.8 Å². The van der Waals surface area contributed by atoms with Gasteiger partial charge in [0, 0.05) is 6.61 Å². The Hall–Kier alpha value is -0.960. The van der Waals surface area contributed by atoms with Crippen LogP contribution in [0.3, 0.4) is 0 Å². The molecule has 1 N–H and O–H groups in total. The molecular weight excluding hydrogens is 210 g/mol. The fraction of sp³-hybridized carbons (Fsp3) is 0.538. The van der Waals surface area contributed by atoms with E-state index in [4.69, 9.17) is 0 Å². The molecule has 1 unspecified atom stereocenters. The highest BCUT2D eigenvalue weighted by Gasteiger charge is 2.25. The Morgan fingerprint density at radius 1 is 1.25 bits per heavy atom. The van der Waals surface area contributed by atoms with E-state index in [1.54, 1.807) is 0 Å². The van der Waals surface area contributed by atoms with Crippen LogP contribution in [0.2, 0.25) is 0 Å². The van der Waals surface area contributed by atoms with E-state index in [9.17, 15) is 13.9 Å². The lowest BCUT2D eigenvalue weighted by atomic mass is 9.78. The highest BCUT2D eigenvalue weighted by molar-refractivity contribution is 5.19. The molecule has 1 aromatic carbocycles. The van der Waals surface area contributed by atoms with Crippen LogP contribution in [-0.4, -0.2) is 11.7 Å². The normalized spacial score (nSPS) is 13.9. The fourth-order valence-electron chi connectivity index (χ4n) is 1.61. The summed E-state index contributed by atoms with van der Waals surface area (Å²) in [5.74, 6) is -0.935. The van der Waals surface area contributed by atoms with Gasteiger partial charge in [-0.05, 0) is 41.5 Å². The van der Waals surface area contributed by atoms with Gasteiger partial charge in [-0.25, -0.2) is 8.78 Å². The maximum absolute atomic E-state index is 13.4. The molecule has 16 heavy (non-hydrogen) atoms. The summed E-state index contributed by atoms with van der Waals surface area (Å²) in [4.78, 5) is 0. The minimum atomic E-state index is -0.443. The number of hydrogen-bond donors (Lipinski definition) is 1. The summed E-state index contributed by atoms with van der Waals surface area (Å²) >= 11 is 0. The van der Waals surface area contributed by atoms with Crippen molar-refractivity contribution in [2.24, 2.45) is 11.3 Å². The predicted octanol–water partition coefficient (Wildman–Crippen LogP) is 3.16. The summed E-state index contributed by atoms with van der Waals surface area (Å²) < 4.78 is 26.4. The predicted molar refractivity (Wildman–Crippen MR) is 60.1 cm³/mol. The van der Waals surface area contributed by atoms with Crippen LogP contribution in [-0.2, 0) is 6.42 Å². The molecule has 0 aliphatic carbocycles. The molecule has 0 saturated carbocycles. The number of aliphatic hydroxyl groups is 1. The van der Waals surface area contributed by atoms with Gasteiger partial charge in [0.1, 0.15) is 11.6 Å². The largest absolute Gasteiger partial charge is 0.396 e. The van der Waals surface area contributed by atoms with Gasteiger partial charge in [0.2, 0.25) is 0 Å². The minimum absolute atomic E-state index is 0.0283. The van der Waals surface area contributed by atoms with E-state index in [0.29, 0.717) is 12.0 Å². The Morgan fingerprint density at radius 3 is 2.38 bits per heavy atom. The van der Waals surface area contributed by atoms with Crippen molar-refractivity contribution in [1.82, 2.24) is 0 Å². The van der Waals surface area contributed by atoms with Crippen LogP contribution >= 0.6 is 0 Å².